The van der Waals surface area contributed by atoms with E-state index in [1.54, 1.807) is 0 Å². The summed E-state index contributed by atoms with van der Waals surface area (Å²) < 4.78 is 0. The zero-order valence-electron chi connectivity index (χ0n) is 6.59. The summed E-state index contributed by atoms with van der Waals surface area (Å²) in [5, 5.41) is 11.3. The first-order valence-electron chi connectivity index (χ1n) is 3.88. The van der Waals surface area contributed by atoms with Crippen LogP contribution in [0, 0.1) is 6.92 Å². The standard InChI is InChI=1S/C8H11N3/c1-6-4-10-11-8-2-3-9-5-7(6)8/h4,9H,2-3,5H2,1H3. The van der Waals surface area contributed by atoms with Gasteiger partial charge in [-0.15, -0.1) is 0 Å². The average molecular weight is 149 g/mol. The van der Waals surface area contributed by atoms with E-state index in [0.29, 0.717) is 0 Å². The summed E-state index contributed by atoms with van der Waals surface area (Å²) in [6.45, 7) is 4.07. The molecule has 11 heavy (non-hydrogen) atoms. The van der Waals surface area contributed by atoms with Crippen molar-refractivity contribution in [1.29, 1.82) is 0 Å². The van der Waals surface area contributed by atoms with Gasteiger partial charge < -0.3 is 5.32 Å². The molecule has 0 spiro atoms. The summed E-state index contributed by atoms with van der Waals surface area (Å²) in [5.41, 5.74) is 3.76. The predicted molar refractivity (Wildman–Crippen MR) is 42.2 cm³/mol. The summed E-state index contributed by atoms with van der Waals surface area (Å²) in [7, 11) is 0. The Hall–Kier alpha value is -0.960. The van der Waals surface area contributed by atoms with E-state index in [2.05, 4.69) is 22.4 Å². The molecule has 0 fully saturated rings. The van der Waals surface area contributed by atoms with Crippen molar-refractivity contribution >= 4 is 0 Å². The molecular formula is C8H11N3. The van der Waals surface area contributed by atoms with Crippen molar-refractivity contribution in [2.45, 2.75) is 19.9 Å². The molecule has 0 bridgehead atoms. The number of fused-ring (bicyclic) bond motifs is 1. The van der Waals surface area contributed by atoms with E-state index >= 15 is 0 Å². The Morgan fingerprint density at radius 3 is 3.27 bits per heavy atom. The molecule has 2 rings (SSSR count). The monoisotopic (exact) mass is 149 g/mol. The molecule has 3 heteroatoms. The largest absolute Gasteiger partial charge is 0.312 e. The van der Waals surface area contributed by atoms with Gasteiger partial charge in [0.2, 0.25) is 0 Å². The first-order valence-corrected chi connectivity index (χ1v) is 3.88. The van der Waals surface area contributed by atoms with Crippen LogP contribution in [-0.4, -0.2) is 16.7 Å². The molecule has 1 aromatic heterocycles. The van der Waals surface area contributed by atoms with Crippen LogP contribution in [0.15, 0.2) is 6.20 Å². The average Bonchev–Trinajstić information content (AvgIpc) is 2.06. The summed E-state index contributed by atoms with van der Waals surface area (Å²) in [6.07, 6.45) is 2.84. The molecule has 0 saturated carbocycles. The number of hydrogen-bond donors (Lipinski definition) is 1. The first-order chi connectivity index (χ1) is 5.38. The number of nitrogens with one attached hydrogen (secondary N) is 1. The molecule has 0 atom stereocenters. The van der Waals surface area contributed by atoms with Crippen LogP contribution in [0.2, 0.25) is 0 Å². The molecule has 1 aliphatic rings. The third kappa shape index (κ3) is 1.12. The Morgan fingerprint density at radius 1 is 1.55 bits per heavy atom. The highest BCUT2D eigenvalue weighted by molar-refractivity contribution is 5.28. The number of nitrogens with zero attached hydrogens (tertiary/aromatic N) is 2. The van der Waals surface area contributed by atoms with Gasteiger partial charge in [0.1, 0.15) is 0 Å². The Kier molecular flexibility index (Phi) is 1.58. The van der Waals surface area contributed by atoms with E-state index in [4.69, 9.17) is 0 Å². The van der Waals surface area contributed by atoms with Gasteiger partial charge in [-0.1, -0.05) is 0 Å². The molecule has 1 aliphatic heterocycles. The Labute approximate surface area is 65.8 Å². The highest BCUT2D eigenvalue weighted by Crippen LogP contribution is 2.13. The normalized spacial score (nSPS) is 16.1. The molecule has 0 aromatic carbocycles. The first kappa shape index (κ1) is 6.73. The van der Waals surface area contributed by atoms with Crippen LogP contribution in [0.5, 0.6) is 0 Å². The minimum atomic E-state index is 0.955. The topological polar surface area (TPSA) is 37.8 Å². The van der Waals surface area contributed by atoms with Crippen molar-refractivity contribution in [1.82, 2.24) is 15.5 Å². The van der Waals surface area contributed by atoms with Gasteiger partial charge in [-0.2, -0.15) is 10.2 Å². The molecule has 0 unspecified atom stereocenters. The van der Waals surface area contributed by atoms with E-state index in [1.165, 1.54) is 16.8 Å². The van der Waals surface area contributed by atoms with Gasteiger partial charge in [0.15, 0.2) is 0 Å². The van der Waals surface area contributed by atoms with Crippen LogP contribution in [0.1, 0.15) is 16.8 Å². The van der Waals surface area contributed by atoms with Gasteiger partial charge in [-0.05, 0) is 18.1 Å². The van der Waals surface area contributed by atoms with Crippen molar-refractivity contribution in [2.24, 2.45) is 0 Å². The lowest BCUT2D eigenvalue weighted by atomic mass is 10.0. The predicted octanol–water partition coefficient (Wildman–Crippen LogP) is 0.431. The molecule has 3 nitrogen and oxygen atoms in total. The minimum Gasteiger partial charge on any atom is -0.312 e. The van der Waals surface area contributed by atoms with Gasteiger partial charge in [0.05, 0.1) is 11.9 Å². The molecule has 0 aliphatic carbocycles. The SMILES string of the molecule is Cc1cnnc2c1CNCC2. The van der Waals surface area contributed by atoms with Crippen LogP contribution in [0.4, 0.5) is 0 Å². The maximum absolute atomic E-state index is 4.09. The lowest BCUT2D eigenvalue weighted by molar-refractivity contribution is 0.616. The van der Waals surface area contributed by atoms with Gasteiger partial charge >= 0.3 is 0 Å². The van der Waals surface area contributed by atoms with Gasteiger partial charge in [0, 0.05) is 19.5 Å². The van der Waals surface area contributed by atoms with Crippen LogP contribution in [0.3, 0.4) is 0 Å². The van der Waals surface area contributed by atoms with Gasteiger partial charge in [0.25, 0.3) is 0 Å². The van der Waals surface area contributed by atoms with Crippen molar-refractivity contribution in [3.8, 4) is 0 Å². The summed E-state index contributed by atoms with van der Waals surface area (Å²) >= 11 is 0. The second kappa shape index (κ2) is 2.58. The second-order valence-electron chi connectivity index (χ2n) is 2.88. The maximum Gasteiger partial charge on any atom is 0.0691 e. The van der Waals surface area contributed by atoms with Crippen LogP contribution in [-0.2, 0) is 13.0 Å². The highest BCUT2D eigenvalue weighted by Gasteiger charge is 2.11. The number of aromatic nitrogens is 2. The molecule has 2 heterocycles. The van der Waals surface area contributed by atoms with Crippen LogP contribution < -0.4 is 5.32 Å². The lowest BCUT2D eigenvalue weighted by Gasteiger charge is -2.16. The number of hydrogen-bond acceptors (Lipinski definition) is 3. The third-order valence-electron chi connectivity index (χ3n) is 2.09. The fraction of sp³-hybridized carbons (Fsp3) is 0.500. The molecule has 0 saturated heterocycles. The number of rotatable bonds is 0. The van der Waals surface area contributed by atoms with Crippen molar-refractivity contribution < 1.29 is 0 Å². The zero-order valence-corrected chi connectivity index (χ0v) is 6.59. The van der Waals surface area contributed by atoms with Crippen molar-refractivity contribution in [2.75, 3.05) is 6.54 Å². The van der Waals surface area contributed by atoms with Gasteiger partial charge in [-0.25, -0.2) is 0 Å². The van der Waals surface area contributed by atoms with E-state index in [1.807, 2.05) is 6.20 Å². The van der Waals surface area contributed by atoms with Crippen LogP contribution in [0.25, 0.3) is 0 Å². The summed E-state index contributed by atoms with van der Waals surface area (Å²) in [6, 6.07) is 0. The zero-order chi connectivity index (χ0) is 7.68. The van der Waals surface area contributed by atoms with Crippen molar-refractivity contribution in [3.63, 3.8) is 0 Å². The fourth-order valence-corrected chi connectivity index (χ4v) is 1.41. The highest BCUT2D eigenvalue weighted by atomic mass is 15.1. The smallest absolute Gasteiger partial charge is 0.0691 e. The Bertz CT molecular complexity index is 270. The number of aryl methyl sites for hydroxylation is 1. The quantitative estimate of drug-likeness (QED) is 0.581. The molecule has 1 aromatic rings. The molecular weight excluding hydrogens is 138 g/mol. The Morgan fingerprint density at radius 2 is 2.45 bits per heavy atom. The van der Waals surface area contributed by atoms with Gasteiger partial charge in [-0.3, -0.25) is 0 Å². The molecule has 0 amide bonds. The van der Waals surface area contributed by atoms with E-state index in [-0.39, 0.29) is 0 Å². The maximum atomic E-state index is 4.09. The molecule has 0 radical (unpaired) electrons. The summed E-state index contributed by atoms with van der Waals surface area (Å²) in [4.78, 5) is 0. The van der Waals surface area contributed by atoms with E-state index < -0.39 is 0 Å². The minimum absolute atomic E-state index is 0.955. The lowest BCUT2D eigenvalue weighted by Crippen LogP contribution is -2.25. The Balaban J connectivity index is 2.49. The van der Waals surface area contributed by atoms with E-state index in [0.717, 1.165) is 19.5 Å². The molecule has 1 N–H and O–H groups in total. The second-order valence-corrected chi connectivity index (χ2v) is 2.88. The van der Waals surface area contributed by atoms with E-state index in [9.17, 15) is 0 Å². The molecule has 58 valence electrons. The fourth-order valence-electron chi connectivity index (χ4n) is 1.41. The van der Waals surface area contributed by atoms with Crippen molar-refractivity contribution in [3.05, 3.63) is 23.0 Å². The summed E-state index contributed by atoms with van der Waals surface area (Å²) in [5.74, 6) is 0. The third-order valence-corrected chi connectivity index (χ3v) is 2.09. The van der Waals surface area contributed by atoms with Crippen LogP contribution >= 0.6 is 0 Å².